The molecule has 92 valence electrons. The van der Waals surface area contributed by atoms with Gasteiger partial charge in [-0.05, 0) is 30.2 Å². The molecule has 3 rings (SSSR count). The van der Waals surface area contributed by atoms with Gasteiger partial charge in [0.25, 0.3) is 0 Å². The number of aromatic nitrogens is 1. The predicted octanol–water partition coefficient (Wildman–Crippen LogP) is 2.66. The lowest BCUT2D eigenvalue weighted by Gasteiger charge is -2.18. The highest BCUT2D eigenvalue weighted by Gasteiger charge is 2.18. The highest BCUT2D eigenvalue weighted by atomic mass is 35.5. The molecule has 1 aliphatic heterocycles. The molecule has 1 aliphatic rings. The summed E-state index contributed by atoms with van der Waals surface area (Å²) in [5.74, 6) is -0.964. The maximum absolute atomic E-state index is 11.0. The summed E-state index contributed by atoms with van der Waals surface area (Å²) < 4.78 is 5.35. The third-order valence-corrected chi connectivity index (χ3v) is 3.52. The Morgan fingerprint density at radius 2 is 2.28 bits per heavy atom. The summed E-state index contributed by atoms with van der Waals surface area (Å²) in [6.07, 6.45) is 0.717. The number of carboxylic acid groups (broad SMARTS) is 1. The molecule has 5 heteroatoms. The molecule has 0 aliphatic carbocycles. The molecule has 4 nitrogen and oxygen atoms in total. The molecular weight excluding hydrogens is 254 g/mol. The summed E-state index contributed by atoms with van der Waals surface area (Å²) in [7, 11) is 0. The molecule has 18 heavy (non-hydrogen) atoms. The normalized spacial score (nSPS) is 14.5. The van der Waals surface area contributed by atoms with E-state index in [0.717, 1.165) is 11.3 Å². The van der Waals surface area contributed by atoms with Gasteiger partial charge in [-0.15, -0.1) is 0 Å². The van der Waals surface area contributed by atoms with Crippen molar-refractivity contribution in [1.29, 1.82) is 0 Å². The minimum atomic E-state index is -0.964. The maximum Gasteiger partial charge on any atom is 0.335 e. The van der Waals surface area contributed by atoms with Crippen LogP contribution in [0.5, 0.6) is 0 Å². The Morgan fingerprint density at radius 1 is 1.44 bits per heavy atom. The molecule has 0 fully saturated rings. The van der Waals surface area contributed by atoms with Crippen molar-refractivity contribution in [2.75, 3.05) is 6.61 Å². The van der Waals surface area contributed by atoms with Gasteiger partial charge in [0, 0.05) is 5.39 Å². The Labute approximate surface area is 108 Å². The van der Waals surface area contributed by atoms with Gasteiger partial charge >= 0.3 is 5.97 Å². The number of hydrogen-bond acceptors (Lipinski definition) is 3. The molecule has 0 radical (unpaired) electrons. The number of aromatic carboxylic acids is 1. The number of hydrogen-bond donors (Lipinski definition) is 1. The van der Waals surface area contributed by atoms with Gasteiger partial charge in [0.2, 0.25) is 0 Å². The van der Waals surface area contributed by atoms with Gasteiger partial charge in [0.15, 0.2) is 0 Å². The second kappa shape index (κ2) is 4.23. The Balaban J connectivity index is 2.29. The van der Waals surface area contributed by atoms with Crippen molar-refractivity contribution in [2.24, 2.45) is 0 Å². The highest BCUT2D eigenvalue weighted by Crippen LogP contribution is 2.31. The van der Waals surface area contributed by atoms with Crippen molar-refractivity contribution in [2.45, 2.75) is 13.0 Å². The number of rotatable bonds is 1. The number of fused-ring (bicyclic) bond motifs is 2. The summed E-state index contributed by atoms with van der Waals surface area (Å²) in [6.45, 7) is 1.09. The van der Waals surface area contributed by atoms with E-state index >= 15 is 0 Å². The van der Waals surface area contributed by atoms with E-state index in [-0.39, 0.29) is 5.56 Å². The van der Waals surface area contributed by atoms with E-state index in [4.69, 9.17) is 21.4 Å². The standard InChI is InChI=1S/C13H10ClNO3/c14-12-8-3-4-18-6-11(8)15-10-2-1-7(13(16)17)5-9(10)12/h1-2,5H,3-4,6H2,(H,16,17). The molecule has 1 aromatic heterocycles. The van der Waals surface area contributed by atoms with E-state index in [0.29, 0.717) is 35.6 Å². The van der Waals surface area contributed by atoms with Gasteiger partial charge in [-0.1, -0.05) is 11.6 Å². The molecule has 0 saturated carbocycles. The van der Waals surface area contributed by atoms with Gasteiger partial charge in [-0.2, -0.15) is 0 Å². The van der Waals surface area contributed by atoms with E-state index in [9.17, 15) is 4.79 Å². The average molecular weight is 264 g/mol. The summed E-state index contributed by atoms with van der Waals surface area (Å²) >= 11 is 6.35. The number of pyridine rings is 1. The third-order valence-electron chi connectivity index (χ3n) is 3.08. The average Bonchev–Trinajstić information content (AvgIpc) is 2.38. The lowest BCUT2D eigenvalue weighted by molar-refractivity contribution is 0.0697. The molecule has 2 aromatic rings. The van der Waals surface area contributed by atoms with Gasteiger partial charge < -0.3 is 9.84 Å². The van der Waals surface area contributed by atoms with Crippen molar-refractivity contribution >= 4 is 28.5 Å². The van der Waals surface area contributed by atoms with Crippen LogP contribution >= 0.6 is 11.6 Å². The zero-order valence-corrected chi connectivity index (χ0v) is 10.2. The zero-order chi connectivity index (χ0) is 12.7. The van der Waals surface area contributed by atoms with Crippen molar-refractivity contribution < 1.29 is 14.6 Å². The fraction of sp³-hybridized carbons (Fsp3) is 0.231. The van der Waals surface area contributed by atoms with E-state index < -0.39 is 5.97 Å². The molecule has 0 bridgehead atoms. The largest absolute Gasteiger partial charge is 0.478 e. The first kappa shape index (κ1) is 11.4. The van der Waals surface area contributed by atoms with E-state index in [1.807, 2.05) is 0 Å². The molecule has 1 aromatic carbocycles. The predicted molar refractivity (Wildman–Crippen MR) is 67.1 cm³/mol. The molecular formula is C13H10ClNO3. The van der Waals surface area contributed by atoms with Gasteiger partial charge in [-0.3, -0.25) is 0 Å². The van der Waals surface area contributed by atoms with Crippen LogP contribution < -0.4 is 0 Å². The molecule has 1 N–H and O–H groups in total. The third kappa shape index (κ3) is 1.74. The number of ether oxygens (including phenoxy) is 1. The number of nitrogens with zero attached hydrogens (tertiary/aromatic N) is 1. The SMILES string of the molecule is O=C(O)c1ccc2nc3c(c(Cl)c2c1)CCOC3. The minimum Gasteiger partial charge on any atom is -0.478 e. The Kier molecular flexibility index (Phi) is 2.69. The first-order valence-corrected chi connectivity index (χ1v) is 5.96. The molecule has 2 heterocycles. The quantitative estimate of drug-likeness (QED) is 0.859. The lowest BCUT2D eigenvalue weighted by Crippen LogP contribution is -2.12. The van der Waals surface area contributed by atoms with Crippen LogP contribution in [0.25, 0.3) is 10.9 Å². The van der Waals surface area contributed by atoms with Crippen LogP contribution in [-0.4, -0.2) is 22.7 Å². The maximum atomic E-state index is 11.0. The number of carbonyl (C=O) groups is 1. The van der Waals surface area contributed by atoms with E-state index in [1.54, 1.807) is 12.1 Å². The topological polar surface area (TPSA) is 59.4 Å². The van der Waals surface area contributed by atoms with Crippen molar-refractivity contribution in [3.05, 3.63) is 40.0 Å². The zero-order valence-electron chi connectivity index (χ0n) is 9.44. The second-order valence-corrected chi connectivity index (χ2v) is 4.57. The van der Waals surface area contributed by atoms with E-state index in [1.165, 1.54) is 6.07 Å². The van der Waals surface area contributed by atoms with Gasteiger partial charge in [0.1, 0.15) is 0 Å². The number of halogens is 1. The van der Waals surface area contributed by atoms with Crippen LogP contribution in [0.4, 0.5) is 0 Å². The number of benzene rings is 1. The molecule has 0 amide bonds. The lowest BCUT2D eigenvalue weighted by atomic mass is 10.0. The van der Waals surface area contributed by atoms with Gasteiger partial charge in [0.05, 0.1) is 35.0 Å². The van der Waals surface area contributed by atoms with Crippen LogP contribution in [-0.2, 0) is 17.8 Å². The first-order chi connectivity index (χ1) is 8.66. The molecule has 0 atom stereocenters. The summed E-state index contributed by atoms with van der Waals surface area (Å²) in [4.78, 5) is 15.4. The van der Waals surface area contributed by atoms with Gasteiger partial charge in [-0.25, -0.2) is 9.78 Å². The van der Waals surface area contributed by atoms with Crippen molar-refractivity contribution in [3.8, 4) is 0 Å². The van der Waals surface area contributed by atoms with Crippen LogP contribution in [0.2, 0.25) is 5.02 Å². The summed E-state index contributed by atoms with van der Waals surface area (Å²) in [5, 5.41) is 10.3. The van der Waals surface area contributed by atoms with Crippen molar-refractivity contribution in [3.63, 3.8) is 0 Å². The second-order valence-electron chi connectivity index (χ2n) is 4.19. The smallest absolute Gasteiger partial charge is 0.335 e. The Hall–Kier alpha value is -1.65. The van der Waals surface area contributed by atoms with Crippen LogP contribution in [0.1, 0.15) is 21.6 Å². The number of carboxylic acids is 1. The Morgan fingerprint density at radius 3 is 3.06 bits per heavy atom. The molecule has 0 saturated heterocycles. The fourth-order valence-electron chi connectivity index (χ4n) is 2.16. The highest BCUT2D eigenvalue weighted by molar-refractivity contribution is 6.36. The monoisotopic (exact) mass is 263 g/mol. The van der Waals surface area contributed by atoms with E-state index in [2.05, 4.69) is 4.98 Å². The van der Waals surface area contributed by atoms with Crippen molar-refractivity contribution in [1.82, 2.24) is 4.98 Å². The molecule has 0 spiro atoms. The van der Waals surface area contributed by atoms with Crippen LogP contribution in [0.3, 0.4) is 0 Å². The first-order valence-electron chi connectivity index (χ1n) is 5.59. The Bertz CT molecular complexity index is 654. The summed E-state index contributed by atoms with van der Waals surface area (Å²) in [6, 6.07) is 4.78. The van der Waals surface area contributed by atoms with Crippen LogP contribution in [0, 0.1) is 0 Å². The minimum absolute atomic E-state index is 0.221. The van der Waals surface area contributed by atoms with Crippen LogP contribution in [0.15, 0.2) is 18.2 Å². The fourth-order valence-corrected chi connectivity index (χ4v) is 2.52. The summed E-state index contributed by atoms with van der Waals surface area (Å²) in [5.41, 5.74) is 2.74. The molecule has 0 unspecified atom stereocenters.